The van der Waals surface area contributed by atoms with Gasteiger partial charge < -0.3 is 15.4 Å². The summed E-state index contributed by atoms with van der Waals surface area (Å²) in [4.78, 5) is 28.3. The lowest BCUT2D eigenvalue weighted by Crippen LogP contribution is -2.26. The number of amides is 2. The van der Waals surface area contributed by atoms with Gasteiger partial charge in [0.1, 0.15) is 17.9 Å². The first-order valence-electron chi connectivity index (χ1n) is 6.17. The summed E-state index contributed by atoms with van der Waals surface area (Å²) in [7, 11) is 1.67. The van der Waals surface area contributed by atoms with E-state index >= 15 is 0 Å². The molecule has 0 saturated heterocycles. The van der Waals surface area contributed by atoms with Crippen molar-refractivity contribution in [1.29, 1.82) is 0 Å². The highest BCUT2D eigenvalue weighted by molar-refractivity contribution is 5.94. The normalized spacial score (nSPS) is 10.1. The van der Waals surface area contributed by atoms with Gasteiger partial charge in [-0.3, -0.25) is 14.7 Å². The zero-order valence-electron chi connectivity index (χ0n) is 11.4. The molecule has 3 N–H and O–H groups in total. The summed E-state index contributed by atoms with van der Waals surface area (Å²) in [6.07, 6.45) is 1.39. The molecule has 8 heteroatoms. The highest BCUT2D eigenvalue weighted by Crippen LogP contribution is 2.13. The highest BCUT2D eigenvalue weighted by Gasteiger charge is 2.13. The predicted octanol–water partition coefficient (Wildman–Crippen LogP) is -0.0590. The minimum Gasteiger partial charge on any atom is -0.484 e. The van der Waals surface area contributed by atoms with Crippen molar-refractivity contribution in [2.45, 2.75) is 6.54 Å². The number of aromatic amines is 1. The SMILES string of the molecule is CN(Cc1ncn[nH]1)C(=O)c1ccc(OCC(N)=O)cc1. The second-order valence-electron chi connectivity index (χ2n) is 4.37. The Bertz CT molecular complexity index is 609. The lowest BCUT2D eigenvalue weighted by Gasteiger charge is -2.15. The number of H-pyrrole nitrogens is 1. The van der Waals surface area contributed by atoms with Crippen molar-refractivity contribution in [2.75, 3.05) is 13.7 Å². The highest BCUT2D eigenvalue weighted by atomic mass is 16.5. The van der Waals surface area contributed by atoms with E-state index in [1.54, 1.807) is 31.3 Å². The number of benzene rings is 1. The molecule has 110 valence electrons. The van der Waals surface area contributed by atoms with E-state index in [0.717, 1.165) is 0 Å². The Labute approximate surface area is 120 Å². The summed E-state index contributed by atoms with van der Waals surface area (Å²) in [6, 6.07) is 6.46. The molecular weight excluding hydrogens is 274 g/mol. The molecule has 2 aromatic rings. The molecule has 0 aliphatic carbocycles. The van der Waals surface area contributed by atoms with E-state index in [2.05, 4.69) is 15.2 Å². The molecule has 0 bridgehead atoms. The Morgan fingerprint density at radius 1 is 1.33 bits per heavy atom. The second kappa shape index (κ2) is 6.51. The molecule has 0 aliphatic heterocycles. The van der Waals surface area contributed by atoms with E-state index in [-0.39, 0.29) is 12.5 Å². The summed E-state index contributed by atoms with van der Waals surface area (Å²) < 4.78 is 5.13. The van der Waals surface area contributed by atoms with Gasteiger partial charge in [-0.2, -0.15) is 5.10 Å². The van der Waals surface area contributed by atoms with Crippen molar-refractivity contribution in [3.63, 3.8) is 0 Å². The van der Waals surface area contributed by atoms with Crippen LogP contribution in [0.1, 0.15) is 16.2 Å². The molecule has 1 aromatic heterocycles. The molecule has 1 heterocycles. The summed E-state index contributed by atoms with van der Waals surface area (Å²) in [5, 5.41) is 6.42. The maximum Gasteiger partial charge on any atom is 0.255 e. The standard InChI is InChI=1S/C13H15N5O3/c1-18(6-12-15-8-16-17-12)13(20)9-2-4-10(5-3-9)21-7-11(14)19/h2-5,8H,6-7H2,1H3,(H2,14,19)(H,15,16,17). The first-order valence-corrected chi connectivity index (χ1v) is 6.17. The number of rotatable bonds is 6. The molecule has 0 atom stereocenters. The van der Waals surface area contributed by atoms with Gasteiger partial charge in [0, 0.05) is 12.6 Å². The predicted molar refractivity (Wildman–Crippen MR) is 73.3 cm³/mol. The Morgan fingerprint density at radius 3 is 2.62 bits per heavy atom. The molecule has 8 nitrogen and oxygen atoms in total. The van der Waals surface area contributed by atoms with Crippen molar-refractivity contribution in [1.82, 2.24) is 20.1 Å². The van der Waals surface area contributed by atoms with Gasteiger partial charge in [-0.15, -0.1) is 0 Å². The number of aromatic nitrogens is 3. The van der Waals surface area contributed by atoms with Gasteiger partial charge in [0.25, 0.3) is 11.8 Å². The third-order valence-corrected chi connectivity index (χ3v) is 2.68. The molecule has 0 fully saturated rings. The van der Waals surface area contributed by atoms with Crippen LogP contribution in [0.3, 0.4) is 0 Å². The van der Waals surface area contributed by atoms with E-state index < -0.39 is 5.91 Å². The summed E-state index contributed by atoms with van der Waals surface area (Å²) in [5.74, 6) is 0.366. The van der Waals surface area contributed by atoms with Crippen molar-refractivity contribution in [3.05, 3.63) is 42.0 Å². The van der Waals surface area contributed by atoms with Crippen LogP contribution >= 0.6 is 0 Å². The fourth-order valence-electron chi connectivity index (χ4n) is 1.67. The first kappa shape index (κ1) is 14.5. The fraction of sp³-hybridized carbons (Fsp3) is 0.231. The third-order valence-electron chi connectivity index (χ3n) is 2.68. The van der Waals surface area contributed by atoms with Gasteiger partial charge in [-0.05, 0) is 24.3 Å². The molecule has 0 radical (unpaired) electrons. The maximum atomic E-state index is 12.2. The first-order chi connectivity index (χ1) is 10.1. The Kier molecular flexibility index (Phi) is 4.50. The second-order valence-corrected chi connectivity index (χ2v) is 4.37. The van der Waals surface area contributed by atoms with Crippen LogP contribution in [0.5, 0.6) is 5.75 Å². The van der Waals surface area contributed by atoms with Gasteiger partial charge in [0.15, 0.2) is 6.61 Å². The zero-order valence-corrected chi connectivity index (χ0v) is 11.4. The summed E-state index contributed by atoms with van der Waals surface area (Å²) in [6.45, 7) is 0.136. The maximum absolute atomic E-state index is 12.2. The van der Waals surface area contributed by atoms with Crippen molar-refractivity contribution < 1.29 is 14.3 Å². The molecular formula is C13H15N5O3. The molecule has 2 amide bonds. The smallest absolute Gasteiger partial charge is 0.255 e. The monoisotopic (exact) mass is 289 g/mol. The molecule has 0 aliphatic rings. The van der Waals surface area contributed by atoms with Crippen LogP contribution in [0.25, 0.3) is 0 Å². The van der Waals surface area contributed by atoms with Crippen LogP contribution in [0.2, 0.25) is 0 Å². The van der Waals surface area contributed by atoms with Crippen LogP contribution in [0.15, 0.2) is 30.6 Å². The average Bonchev–Trinajstić information content (AvgIpc) is 2.97. The lowest BCUT2D eigenvalue weighted by molar-refractivity contribution is -0.119. The topological polar surface area (TPSA) is 114 Å². The number of ether oxygens (including phenoxy) is 1. The van der Waals surface area contributed by atoms with Crippen LogP contribution in [0.4, 0.5) is 0 Å². The van der Waals surface area contributed by atoms with E-state index in [1.165, 1.54) is 11.2 Å². The van der Waals surface area contributed by atoms with Crippen molar-refractivity contribution in [3.8, 4) is 5.75 Å². The van der Waals surface area contributed by atoms with Crippen LogP contribution in [-0.4, -0.2) is 45.6 Å². The van der Waals surface area contributed by atoms with Gasteiger partial charge in [-0.1, -0.05) is 0 Å². The molecule has 2 rings (SSSR count). The average molecular weight is 289 g/mol. The number of carbonyl (C=O) groups excluding carboxylic acids is 2. The number of nitrogens with one attached hydrogen (secondary N) is 1. The van der Waals surface area contributed by atoms with Crippen LogP contribution in [-0.2, 0) is 11.3 Å². The van der Waals surface area contributed by atoms with E-state index in [0.29, 0.717) is 23.7 Å². The molecule has 0 unspecified atom stereocenters. The van der Waals surface area contributed by atoms with Gasteiger partial charge >= 0.3 is 0 Å². The minimum atomic E-state index is -0.554. The van der Waals surface area contributed by atoms with Crippen LogP contribution < -0.4 is 10.5 Å². The van der Waals surface area contributed by atoms with Crippen LogP contribution in [0, 0.1) is 0 Å². The number of nitrogens with zero attached hydrogens (tertiary/aromatic N) is 3. The molecule has 0 spiro atoms. The lowest BCUT2D eigenvalue weighted by atomic mass is 10.2. The van der Waals surface area contributed by atoms with Gasteiger partial charge in [0.2, 0.25) is 0 Å². The van der Waals surface area contributed by atoms with Gasteiger partial charge in [-0.25, -0.2) is 4.98 Å². The Morgan fingerprint density at radius 2 is 2.05 bits per heavy atom. The minimum absolute atomic E-state index is 0.159. The molecule has 21 heavy (non-hydrogen) atoms. The molecule has 1 aromatic carbocycles. The number of carbonyl (C=O) groups is 2. The van der Waals surface area contributed by atoms with E-state index in [4.69, 9.17) is 10.5 Å². The molecule has 0 saturated carbocycles. The quantitative estimate of drug-likeness (QED) is 0.773. The summed E-state index contributed by atoms with van der Waals surface area (Å²) >= 11 is 0. The summed E-state index contributed by atoms with van der Waals surface area (Å²) in [5.41, 5.74) is 5.49. The van der Waals surface area contributed by atoms with Crippen molar-refractivity contribution >= 4 is 11.8 Å². The van der Waals surface area contributed by atoms with Gasteiger partial charge in [0.05, 0.1) is 6.54 Å². The largest absolute Gasteiger partial charge is 0.484 e. The number of hydrogen-bond donors (Lipinski definition) is 2. The number of primary amides is 1. The van der Waals surface area contributed by atoms with E-state index in [9.17, 15) is 9.59 Å². The third kappa shape index (κ3) is 4.03. The Hall–Kier alpha value is -2.90. The number of hydrogen-bond acceptors (Lipinski definition) is 5. The van der Waals surface area contributed by atoms with Crippen molar-refractivity contribution in [2.24, 2.45) is 5.73 Å². The Balaban J connectivity index is 1.97. The zero-order chi connectivity index (χ0) is 15.2. The fourth-order valence-corrected chi connectivity index (χ4v) is 1.67. The van der Waals surface area contributed by atoms with E-state index in [1.807, 2.05) is 0 Å². The number of nitrogens with two attached hydrogens (primary N) is 1.